The Balaban J connectivity index is 1.30. The minimum atomic E-state index is -0.494. The lowest BCUT2D eigenvalue weighted by molar-refractivity contribution is -0.115. The van der Waals surface area contributed by atoms with E-state index in [1.165, 1.54) is 26.4 Å². The minimum Gasteiger partial charge on any atom is -0.490 e. The number of para-hydroxylation sites is 1. The molecule has 3 aromatic carbocycles. The molecule has 0 bridgehead atoms. The predicted octanol–water partition coefficient (Wildman–Crippen LogP) is 6.16. The Morgan fingerprint density at radius 3 is 2.12 bits per heavy atom. The van der Waals surface area contributed by atoms with Gasteiger partial charge in [-0.1, -0.05) is 30.7 Å². The van der Waals surface area contributed by atoms with Gasteiger partial charge in [-0.2, -0.15) is 0 Å². The number of carbonyl (C=O) groups is 2. The van der Waals surface area contributed by atoms with Crippen molar-refractivity contribution in [3.05, 3.63) is 83.9 Å². The van der Waals surface area contributed by atoms with Crippen molar-refractivity contribution in [1.82, 2.24) is 0 Å². The second-order valence-corrected chi connectivity index (χ2v) is 8.36. The molecular weight excluding hydrogens is 430 g/mol. The highest BCUT2D eigenvalue weighted by Gasteiger charge is 2.15. The van der Waals surface area contributed by atoms with Crippen molar-refractivity contribution in [1.29, 1.82) is 0 Å². The highest BCUT2D eigenvalue weighted by atomic mass is 16.5. The standard InChI is InChI=1S/C28H29NO5/c1-32-28(31)25-9-5-6-10-26(25)29-27(30)19-20-11-13-22(14-12-20)34-24-17-15-23(16-18-24)33-21-7-3-2-4-8-21/h5-6,9-18,21H,2-4,7-8,19H2,1H3,(H,29,30). The number of rotatable bonds is 8. The van der Waals surface area contributed by atoms with Gasteiger partial charge < -0.3 is 19.5 Å². The zero-order valence-corrected chi connectivity index (χ0v) is 19.3. The largest absolute Gasteiger partial charge is 0.490 e. The van der Waals surface area contributed by atoms with Gasteiger partial charge in [0.1, 0.15) is 17.2 Å². The summed E-state index contributed by atoms with van der Waals surface area (Å²) in [5, 5.41) is 2.78. The third-order valence-corrected chi connectivity index (χ3v) is 5.81. The average Bonchev–Trinajstić information content (AvgIpc) is 2.87. The SMILES string of the molecule is COC(=O)c1ccccc1NC(=O)Cc1ccc(Oc2ccc(OC3CCCCC3)cc2)cc1. The summed E-state index contributed by atoms with van der Waals surface area (Å²) in [6, 6.07) is 21.8. The molecule has 3 aromatic rings. The highest BCUT2D eigenvalue weighted by molar-refractivity contribution is 6.01. The van der Waals surface area contributed by atoms with Crippen molar-refractivity contribution in [3.63, 3.8) is 0 Å². The Kier molecular flexibility index (Phi) is 7.81. The second kappa shape index (κ2) is 11.4. The van der Waals surface area contributed by atoms with E-state index in [0.717, 1.165) is 29.9 Å². The number of hydrogen-bond acceptors (Lipinski definition) is 5. The van der Waals surface area contributed by atoms with E-state index in [9.17, 15) is 9.59 Å². The molecule has 0 aromatic heterocycles. The van der Waals surface area contributed by atoms with Crippen LogP contribution in [-0.2, 0) is 16.0 Å². The Bertz CT molecular complexity index is 1100. The lowest BCUT2D eigenvalue weighted by Crippen LogP contribution is -2.19. The lowest BCUT2D eigenvalue weighted by Gasteiger charge is -2.23. The molecule has 0 unspecified atom stereocenters. The summed E-state index contributed by atoms with van der Waals surface area (Å²) in [4.78, 5) is 24.4. The smallest absolute Gasteiger partial charge is 0.339 e. The molecule has 1 aliphatic carbocycles. The van der Waals surface area contributed by atoms with Crippen LogP contribution in [0.5, 0.6) is 17.2 Å². The molecular formula is C28H29NO5. The fourth-order valence-corrected chi connectivity index (χ4v) is 4.03. The number of methoxy groups -OCH3 is 1. The van der Waals surface area contributed by atoms with Gasteiger partial charge in [0.25, 0.3) is 0 Å². The van der Waals surface area contributed by atoms with E-state index in [0.29, 0.717) is 23.1 Å². The lowest BCUT2D eigenvalue weighted by atomic mass is 9.98. The van der Waals surface area contributed by atoms with E-state index in [1.54, 1.807) is 24.3 Å². The Labute approximate surface area is 199 Å². The summed E-state index contributed by atoms with van der Waals surface area (Å²) < 4.78 is 16.8. The van der Waals surface area contributed by atoms with Crippen LogP contribution in [0.4, 0.5) is 5.69 Å². The van der Waals surface area contributed by atoms with Gasteiger partial charge in [0, 0.05) is 0 Å². The molecule has 6 heteroatoms. The van der Waals surface area contributed by atoms with Crippen LogP contribution >= 0.6 is 0 Å². The third-order valence-electron chi connectivity index (χ3n) is 5.81. The number of hydrogen-bond donors (Lipinski definition) is 1. The molecule has 1 amide bonds. The molecule has 0 saturated heterocycles. The van der Waals surface area contributed by atoms with Crippen LogP contribution in [0.15, 0.2) is 72.8 Å². The van der Waals surface area contributed by atoms with Gasteiger partial charge in [-0.25, -0.2) is 4.79 Å². The van der Waals surface area contributed by atoms with Gasteiger partial charge in [-0.05, 0) is 79.8 Å². The molecule has 6 nitrogen and oxygen atoms in total. The summed E-state index contributed by atoms with van der Waals surface area (Å²) >= 11 is 0. The molecule has 176 valence electrons. The molecule has 34 heavy (non-hydrogen) atoms. The molecule has 0 radical (unpaired) electrons. The van der Waals surface area contributed by atoms with E-state index in [2.05, 4.69) is 5.32 Å². The monoisotopic (exact) mass is 459 g/mol. The van der Waals surface area contributed by atoms with Gasteiger partial charge in [0.15, 0.2) is 0 Å². The van der Waals surface area contributed by atoms with Gasteiger partial charge in [0.2, 0.25) is 5.91 Å². The Morgan fingerprint density at radius 1 is 0.824 bits per heavy atom. The number of amides is 1. The van der Waals surface area contributed by atoms with E-state index < -0.39 is 5.97 Å². The highest BCUT2D eigenvalue weighted by Crippen LogP contribution is 2.27. The number of anilines is 1. The summed E-state index contributed by atoms with van der Waals surface area (Å²) in [5.41, 5.74) is 1.57. The molecule has 0 heterocycles. The van der Waals surface area contributed by atoms with Crippen molar-refractivity contribution in [2.45, 2.75) is 44.6 Å². The van der Waals surface area contributed by atoms with E-state index in [4.69, 9.17) is 14.2 Å². The van der Waals surface area contributed by atoms with E-state index in [1.807, 2.05) is 48.5 Å². The topological polar surface area (TPSA) is 73.9 Å². The van der Waals surface area contributed by atoms with Gasteiger partial charge in [-0.15, -0.1) is 0 Å². The Morgan fingerprint density at radius 2 is 1.44 bits per heavy atom. The predicted molar refractivity (Wildman–Crippen MR) is 131 cm³/mol. The number of carbonyl (C=O) groups excluding carboxylic acids is 2. The fraction of sp³-hybridized carbons (Fsp3) is 0.286. The van der Waals surface area contributed by atoms with Crippen LogP contribution in [0.3, 0.4) is 0 Å². The maximum atomic E-state index is 12.5. The van der Waals surface area contributed by atoms with Crippen molar-refractivity contribution in [3.8, 4) is 17.2 Å². The fourth-order valence-electron chi connectivity index (χ4n) is 4.03. The van der Waals surface area contributed by atoms with Crippen LogP contribution < -0.4 is 14.8 Å². The van der Waals surface area contributed by atoms with Crippen LogP contribution in [-0.4, -0.2) is 25.1 Å². The molecule has 4 rings (SSSR count). The van der Waals surface area contributed by atoms with Gasteiger partial charge in [-0.3, -0.25) is 4.79 Å². The van der Waals surface area contributed by atoms with Crippen LogP contribution in [0, 0.1) is 0 Å². The summed E-state index contributed by atoms with van der Waals surface area (Å²) in [5.74, 6) is 1.56. The zero-order valence-electron chi connectivity index (χ0n) is 19.3. The van der Waals surface area contributed by atoms with Crippen molar-refractivity contribution < 1.29 is 23.8 Å². The maximum absolute atomic E-state index is 12.5. The first-order valence-corrected chi connectivity index (χ1v) is 11.6. The first-order valence-electron chi connectivity index (χ1n) is 11.6. The van der Waals surface area contributed by atoms with Crippen molar-refractivity contribution in [2.24, 2.45) is 0 Å². The molecule has 0 atom stereocenters. The molecule has 1 aliphatic rings. The Hall–Kier alpha value is -3.80. The quantitative estimate of drug-likeness (QED) is 0.409. The molecule has 1 N–H and O–H groups in total. The molecule has 0 aliphatic heterocycles. The van der Waals surface area contributed by atoms with Crippen LogP contribution in [0.2, 0.25) is 0 Å². The second-order valence-electron chi connectivity index (χ2n) is 8.36. The first kappa shape index (κ1) is 23.4. The van der Waals surface area contributed by atoms with Crippen LogP contribution in [0.25, 0.3) is 0 Å². The van der Waals surface area contributed by atoms with E-state index in [-0.39, 0.29) is 12.3 Å². The normalized spacial score (nSPS) is 13.7. The van der Waals surface area contributed by atoms with Crippen molar-refractivity contribution >= 4 is 17.6 Å². The van der Waals surface area contributed by atoms with Crippen LogP contribution in [0.1, 0.15) is 48.0 Å². The summed E-state index contributed by atoms with van der Waals surface area (Å²) in [6.07, 6.45) is 6.52. The molecule has 1 saturated carbocycles. The number of nitrogens with one attached hydrogen (secondary N) is 1. The van der Waals surface area contributed by atoms with Crippen molar-refractivity contribution in [2.75, 3.05) is 12.4 Å². The summed E-state index contributed by atoms with van der Waals surface area (Å²) in [6.45, 7) is 0. The summed E-state index contributed by atoms with van der Waals surface area (Å²) in [7, 11) is 1.31. The average molecular weight is 460 g/mol. The zero-order chi connectivity index (χ0) is 23.8. The van der Waals surface area contributed by atoms with Gasteiger partial charge in [0.05, 0.1) is 30.9 Å². The molecule has 0 spiro atoms. The van der Waals surface area contributed by atoms with E-state index >= 15 is 0 Å². The number of ether oxygens (including phenoxy) is 3. The maximum Gasteiger partial charge on any atom is 0.339 e. The molecule has 1 fully saturated rings. The third kappa shape index (κ3) is 6.38. The van der Waals surface area contributed by atoms with Gasteiger partial charge >= 0.3 is 5.97 Å². The minimum absolute atomic E-state index is 0.170. The number of esters is 1. The first-order chi connectivity index (χ1) is 16.6. The number of benzene rings is 3.